The van der Waals surface area contributed by atoms with Gasteiger partial charge in [0.15, 0.2) is 0 Å². The van der Waals surface area contributed by atoms with E-state index in [0.29, 0.717) is 5.56 Å². The summed E-state index contributed by atoms with van der Waals surface area (Å²) in [5.41, 5.74) is 7.85. The topological polar surface area (TPSA) is 176 Å². The first-order chi connectivity index (χ1) is 12.8. The summed E-state index contributed by atoms with van der Waals surface area (Å²) < 4.78 is 11.9. The van der Waals surface area contributed by atoms with Gasteiger partial charge in [-0.1, -0.05) is 5.11 Å². The molecule has 1 fully saturated rings. The summed E-state index contributed by atoms with van der Waals surface area (Å²) >= 11 is 0. The number of hydrogen-bond acceptors (Lipinski definition) is 7. The van der Waals surface area contributed by atoms with Crippen molar-refractivity contribution < 1.29 is 24.2 Å². The molecule has 0 unspecified atom stereocenters. The summed E-state index contributed by atoms with van der Waals surface area (Å²) in [5.74, 6) is -1.60. The molecule has 146 valence electrons. The zero-order valence-corrected chi connectivity index (χ0v) is 14.5. The summed E-state index contributed by atoms with van der Waals surface area (Å²) in [6.07, 6.45) is -0.114. The first-order valence-corrected chi connectivity index (χ1v) is 8.21. The fraction of sp³-hybridized carbons (Fsp3) is 0.600. The molecule has 1 saturated heterocycles. The Labute approximate surface area is 152 Å². The first-order valence-electron chi connectivity index (χ1n) is 8.21. The van der Waals surface area contributed by atoms with E-state index in [1.165, 1.54) is 17.7 Å². The minimum absolute atomic E-state index is 0.0623. The molecule has 0 saturated carbocycles. The molecule has 2 rings (SSSR count). The number of carbonyl (C=O) groups is 2. The third kappa shape index (κ3) is 5.43. The number of H-pyrrole nitrogens is 1. The number of carboxylic acid groups (broad SMARTS) is 1. The van der Waals surface area contributed by atoms with E-state index in [-0.39, 0.29) is 32.3 Å². The number of aliphatic carboxylic acids is 1. The number of nitrogens with zero attached hydrogens (tertiary/aromatic N) is 4. The smallest absolute Gasteiger partial charge is 0.330 e. The number of aromatic nitrogens is 2. The molecule has 1 aliphatic heterocycles. The minimum atomic E-state index is -1.00. The largest absolute Gasteiger partial charge is 0.481 e. The van der Waals surface area contributed by atoms with Crippen molar-refractivity contribution >= 4 is 11.9 Å². The maximum atomic E-state index is 12.0. The number of rotatable bonds is 8. The van der Waals surface area contributed by atoms with Gasteiger partial charge < -0.3 is 14.6 Å². The molecule has 0 radical (unpaired) electrons. The predicted molar refractivity (Wildman–Crippen MR) is 90.0 cm³/mol. The summed E-state index contributed by atoms with van der Waals surface area (Å²) in [6, 6.07) is -0.675. The average molecular weight is 381 g/mol. The maximum Gasteiger partial charge on any atom is 0.330 e. The van der Waals surface area contributed by atoms with Crippen LogP contribution in [0.15, 0.2) is 20.9 Å². The molecule has 1 aromatic heterocycles. The van der Waals surface area contributed by atoms with Crippen molar-refractivity contribution in [2.24, 2.45) is 5.11 Å². The Morgan fingerprint density at radius 2 is 2.22 bits per heavy atom. The van der Waals surface area contributed by atoms with Gasteiger partial charge >= 0.3 is 17.6 Å². The molecule has 0 aliphatic carbocycles. The second-order valence-electron chi connectivity index (χ2n) is 6.05. The molecular weight excluding hydrogens is 362 g/mol. The Kier molecular flexibility index (Phi) is 6.74. The molecule has 27 heavy (non-hydrogen) atoms. The van der Waals surface area contributed by atoms with Crippen LogP contribution in [0.1, 0.15) is 37.5 Å². The van der Waals surface area contributed by atoms with E-state index in [2.05, 4.69) is 15.0 Å². The molecule has 1 aromatic rings. The number of carbonyl (C=O) groups excluding carboxylic acids is 1. The van der Waals surface area contributed by atoms with Gasteiger partial charge in [0.2, 0.25) is 0 Å². The molecule has 12 heteroatoms. The molecule has 3 atom stereocenters. The molecule has 2 N–H and O–H groups in total. The summed E-state index contributed by atoms with van der Waals surface area (Å²) in [4.78, 5) is 50.5. The van der Waals surface area contributed by atoms with E-state index >= 15 is 0 Å². The Balaban J connectivity index is 2.02. The van der Waals surface area contributed by atoms with Crippen LogP contribution < -0.4 is 11.2 Å². The van der Waals surface area contributed by atoms with Crippen LogP contribution in [0.2, 0.25) is 0 Å². The van der Waals surface area contributed by atoms with Crippen molar-refractivity contribution in [3.8, 4) is 0 Å². The molecule has 12 nitrogen and oxygen atoms in total. The number of esters is 1. The maximum absolute atomic E-state index is 12.0. The van der Waals surface area contributed by atoms with Gasteiger partial charge in [0, 0.05) is 35.9 Å². The standard InChI is InChI=1S/C15H19N5O7/c1-8-6-20(15(25)17-14(8)24)11-5-9(18-19-16)10(27-11)7-26-13(23)4-2-3-12(21)22/h6,9-11H,2-5,7H2,1H3,(H,21,22)(H,17,24,25)/t9-,10+,11+/m0/s1. The molecule has 0 aromatic carbocycles. The van der Waals surface area contributed by atoms with Crippen LogP contribution in [0.4, 0.5) is 0 Å². The van der Waals surface area contributed by atoms with Crippen LogP contribution in [-0.4, -0.2) is 45.3 Å². The highest BCUT2D eigenvalue weighted by atomic mass is 16.6. The minimum Gasteiger partial charge on any atom is -0.481 e. The Morgan fingerprint density at radius 1 is 1.48 bits per heavy atom. The monoisotopic (exact) mass is 381 g/mol. The molecule has 0 bridgehead atoms. The van der Waals surface area contributed by atoms with Gasteiger partial charge in [0.1, 0.15) is 18.9 Å². The first kappa shape index (κ1) is 20.2. The van der Waals surface area contributed by atoms with E-state index < -0.39 is 41.6 Å². The summed E-state index contributed by atoms with van der Waals surface area (Å²) in [6.45, 7) is 1.33. The number of aryl methyl sites for hydroxylation is 1. The lowest BCUT2D eigenvalue weighted by Crippen LogP contribution is -2.33. The lowest BCUT2D eigenvalue weighted by Gasteiger charge is -2.16. The van der Waals surface area contributed by atoms with E-state index in [1.54, 1.807) is 0 Å². The summed E-state index contributed by atoms with van der Waals surface area (Å²) in [5, 5.41) is 12.2. The van der Waals surface area contributed by atoms with Crippen LogP contribution in [0.5, 0.6) is 0 Å². The number of azide groups is 1. The van der Waals surface area contributed by atoms with Crippen molar-refractivity contribution in [1.29, 1.82) is 0 Å². The average Bonchev–Trinajstić information content (AvgIpc) is 2.99. The molecule has 2 heterocycles. The molecular formula is C15H19N5O7. The van der Waals surface area contributed by atoms with Gasteiger partial charge in [-0.15, -0.1) is 0 Å². The molecule has 0 amide bonds. The van der Waals surface area contributed by atoms with Crippen LogP contribution in [0.3, 0.4) is 0 Å². The SMILES string of the molecule is Cc1cn([C@H]2C[C@H](N=[N+]=[N-])[C@@H](COC(=O)CCCC(=O)O)O2)c(=O)[nH]c1=O. The van der Waals surface area contributed by atoms with Crippen molar-refractivity contribution in [3.63, 3.8) is 0 Å². The third-order valence-electron chi connectivity index (χ3n) is 4.04. The fourth-order valence-corrected chi connectivity index (χ4v) is 2.65. The number of carboxylic acids is 1. The number of nitrogens with one attached hydrogen (secondary N) is 1. The van der Waals surface area contributed by atoms with Crippen molar-refractivity contribution in [1.82, 2.24) is 9.55 Å². The highest BCUT2D eigenvalue weighted by Crippen LogP contribution is 2.30. The highest BCUT2D eigenvalue weighted by molar-refractivity contribution is 5.71. The summed E-state index contributed by atoms with van der Waals surface area (Å²) in [7, 11) is 0. The quantitative estimate of drug-likeness (QED) is 0.287. The van der Waals surface area contributed by atoms with Crippen molar-refractivity contribution in [2.75, 3.05) is 6.61 Å². The van der Waals surface area contributed by atoms with Crippen LogP contribution in [-0.2, 0) is 19.1 Å². The Hall–Kier alpha value is -3.11. The van der Waals surface area contributed by atoms with Crippen molar-refractivity contribution in [3.05, 3.63) is 43.0 Å². The third-order valence-corrected chi connectivity index (χ3v) is 4.04. The lowest BCUT2D eigenvalue weighted by molar-refractivity contribution is -0.149. The molecule has 1 aliphatic rings. The van der Waals surface area contributed by atoms with Gasteiger partial charge in [-0.05, 0) is 18.9 Å². The van der Waals surface area contributed by atoms with Gasteiger partial charge in [-0.2, -0.15) is 0 Å². The van der Waals surface area contributed by atoms with Crippen molar-refractivity contribution in [2.45, 2.75) is 51.0 Å². The Bertz CT molecular complexity index is 870. The Morgan fingerprint density at radius 3 is 2.89 bits per heavy atom. The second-order valence-corrected chi connectivity index (χ2v) is 6.05. The van der Waals surface area contributed by atoms with Crippen LogP contribution in [0, 0.1) is 6.92 Å². The van der Waals surface area contributed by atoms with Crippen LogP contribution >= 0.6 is 0 Å². The zero-order valence-electron chi connectivity index (χ0n) is 14.5. The highest BCUT2D eigenvalue weighted by Gasteiger charge is 2.37. The second kappa shape index (κ2) is 9.01. The predicted octanol–water partition coefficient (Wildman–Crippen LogP) is 0.610. The van der Waals surface area contributed by atoms with E-state index in [4.69, 9.17) is 20.1 Å². The van der Waals surface area contributed by atoms with Gasteiger partial charge in [0.05, 0.1) is 6.04 Å². The lowest BCUT2D eigenvalue weighted by atomic mass is 10.1. The zero-order chi connectivity index (χ0) is 20.0. The van der Waals surface area contributed by atoms with E-state index in [0.717, 1.165) is 0 Å². The van der Waals surface area contributed by atoms with Gasteiger partial charge in [-0.25, -0.2) is 4.79 Å². The normalized spacial score (nSPS) is 21.4. The van der Waals surface area contributed by atoms with E-state index in [9.17, 15) is 19.2 Å². The molecule has 0 spiro atoms. The number of aromatic amines is 1. The van der Waals surface area contributed by atoms with E-state index in [1.807, 2.05) is 0 Å². The van der Waals surface area contributed by atoms with Gasteiger partial charge in [-0.3, -0.25) is 23.9 Å². The van der Waals surface area contributed by atoms with Gasteiger partial charge in [0.25, 0.3) is 5.56 Å². The van der Waals surface area contributed by atoms with Crippen LogP contribution in [0.25, 0.3) is 10.4 Å². The fourth-order valence-electron chi connectivity index (χ4n) is 2.65. The number of hydrogen-bond donors (Lipinski definition) is 2. The number of ether oxygens (including phenoxy) is 2.